The summed E-state index contributed by atoms with van der Waals surface area (Å²) in [5, 5.41) is 0. The van der Waals surface area contributed by atoms with E-state index in [9.17, 15) is 4.79 Å². The van der Waals surface area contributed by atoms with E-state index in [2.05, 4.69) is 0 Å². The summed E-state index contributed by atoms with van der Waals surface area (Å²) in [6.07, 6.45) is 0. The zero-order valence-corrected chi connectivity index (χ0v) is 12.6. The third kappa shape index (κ3) is 4.16. The van der Waals surface area contributed by atoms with Crippen molar-refractivity contribution in [3.05, 3.63) is 56.7 Å². The van der Waals surface area contributed by atoms with Crippen LogP contribution < -0.4 is 0 Å². The number of hydrogen-bond acceptors (Lipinski definition) is 3. The van der Waals surface area contributed by atoms with Crippen LogP contribution in [0.4, 0.5) is 0 Å². The first-order chi connectivity index (χ1) is 9.04. The quantitative estimate of drug-likeness (QED) is 0.776. The summed E-state index contributed by atoms with van der Waals surface area (Å²) in [6, 6.07) is 11.6. The molecule has 0 amide bonds. The molecule has 0 unspecified atom stereocenters. The Hall–Kier alpha value is -1.16. The number of likely N-dealkylation sites (N-methyl/N-ethyl adjacent to an activating group) is 1. The van der Waals surface area contributed by atoms with Gasteiger partial charge in [-0.05, 0) is 32.2 Å². The molecule has 0 saturated heterocycles. The fourth-order valence-corrected chi connectivity index (χ4v) is 3.08. The minimum atomic E-state index is 0.147. The van der Waals surface area contributed by atoms with Crippen molar-refractivity contribution in [3.63, 3.8) is 0 Å². The summed E-state index contributed by atoms with van der Waals surface area (Å²) >= 11 is 7.45. The lowest BCUT2D eigenvalue weighted by atomic mass is 10.1. The maximum absolute atomic E-state index is 12.1. The van der Waals surface area contributed by atoms with Gasteiger partial charge in [0.25, 0.3) is 0 Å². The summed E-state index contributed by atoms with van der Waals surface area (Å²) in [7, 11) is 1.95. The lowest BCUT2D eigenvalue weighted by Gasteiger charge is -2.14. The normalized spacial score (nSPS) is 10.9. The van der Waals surface area contributed by atoms with Crippen LogP contribution in [0.2, 0.25) is 4.34 Å². The molecule has 4 heteroatoms. The van der Waals surface area contributed by atoms with Crippen molar-refractivity contribution < 1.29 is 4.79 Å². The Balaban J connectivity index is 1.95. The van der Waals surface area contributed by atoms with Crippen molar-refractivity contribution >= 4 is 28.7 Å². The molecule has 0 bridgehead atoms. The molecule has 0 aliphatic carbocycles. The second kappa shape index (κ2) is 6.33. The van der Waals surface area contributed by atoms with Gasteiger partial charge in [-0.25, -0.2) is 0 Å². The first kappa shape index (κ1) is 14.3. The van der Waals surface area contributed by atoms with Gasteiger partial charge in [-0.3, -0.25) is 9.69 Å². The zero-order valence-electron chi connectivity index (χ0n) is 11.0. The smallest absolute Gasteiger partial charge is 0.176 e. The van der Waals surface area contributed by atoms with E-state index in [1.807, 2.05) is 55.3 Å². The summed E-state index contributed by atoms with van der Waals surface area (Å²) in [5.41, 5.74) is 1.88. The van der Waals surface area contributed by atoms with Crippen molar-refractivity contribution in [1.82, 2.24) is 4.90 Å². The lowest BCUT2D eigenvalue weighted by Crippen LogP contribution is -2.25. The van der Waals surface area contributed by atoms with Crippen LogP contribution in [0.5, 0.6) is 0 Å². The highest BCUT2D eigenvalue weighted by molar-refractivity contribution is 7.16. The van der Waals surface area contributed by atoms with Crippen molar-refractivity contribution in [2.45, 2.75) is 13.5 Å². The molecular formula is C15H16ClNOS. The van der Waals surface area contributed by atoms with Crippen molar-refractivity contribution in [2.24, 2.45) is 0 Å². The monoisotopic (exact) mass is 293 g/mol. The number of nitrogens with zero attached hydrogens (tertiary/aromatic N) is 1. The predicted molar refractivity (Wildman–Crippen MR) is 81.2 cm³/mol. The van der Waals surface area contributed by atoms with Crippen LogP contribution >= 0.6 is 22.9 Å². The summed E-state index contributed by atoms with van der Waals surface area (Å²) in [6.45, 7) is 3.15. The first-order valence-corrected chi connectivity index (χ1v) is 7.26. The Morgan fingerprint density at radius 3 is 2.74 bits per heavy atom. The van der Waals surface area contributed by atoms with Gasteiger partial charge >= 0.3 is 0 Å². The van der Waals surface area contributed by atoms with Gasteiger partial charge in [0.2, 0.25) is 0 Å². The van der Waals surface area contributed by atoms with Crippen LogP contribution in [0.25, 0.3) is 0 Å². The summed E-state index contributed by atoms with van der Waals surface area (Å²) in [4.78, 5) is 15.3. The van der Waals surface area contributed by atoms with Crippen LogP contribution in [0.1, 0.15) is 20.8 Å². The Bertz CT molecular complexity index is 579. The van der Waals surface area contributed by atoms with Crippen LogP contribution in [-0.2, 0) is 6.54 Å². The maximum Gasteiger partial charge on any atom is 0.176 e. The van der Waals surface area contributed by atoms with Gasteiger partial charge in [0.15, 0.2) is 5.78 Å². The summed E-state index contributed by atoms with van der Waals surface area (Å²) < 4.78 is 0.786. The van der Waals surface area contributed by atoms with Crippen molar-refractivity contribution in [3.8, 4) is 0 Å². The Morgan fingerprint density at radius 2 is 2.11 bits per heavy atom. The molecule has 0 radical (unpaired) electrons. The number of hydrogen-bond donors (Lipinski definition) is 0. The molecule has 0 atom stereocenters. The van der Waals surface area contributed by atoms with Gasteiger partial charge in [-0.15, -0.1) is 11.3 Å². The van der Waals surface area contributed by atoms with E-state index in [4.69, 9.17) is 11.6 Å². The third-order valence-electron chi connectivity index (χ3n) is 2.81. The van der Waals surface area contributed by atoms with Crippen LogP contribution in [0, 0.1) is 6.92 Å². The van der Waals surface area contributed by atoms with Crippen LogP contribution in [-0.4, -0.2) is 24.3 Å². The molecule has 19 heavy (non-hydrogen) atoms. The van der Waals surface area contributed by atoms with E-state index in [-0.39, 0.29) is 5.78 Å². The van der Waals surface area contributed by atoms with Crippen molar-refractivity contribution in [1.29, 1.82) is 0 Å². The molecule has 0 saturated carbocycles. The molecule has 0 aliphatic heterocycles. The highest BCUT2D eigenvalue weighted by Gasteiger charge is 2.10. The van der Waals surface area contributed by atoms with Gasteiger partial charge in [-0.1, -0.05) is 35.4 Å². The Kier molecular flexibility index (Phi) is 4.75. The zero-order chi connectivity index (χ0) is 13.8. The van der Waals surface area contributed by atoms with E-state index in [1.54, 1.807) is 11.3 Å². The molecule has 2 rings (SSSR count). The molecule has 0 aliphatic rings. The van der Waals surface area contributed by atoms with Gasteiger partial charge in [0.05, 0.1) is 10.9 Å². The number of aryl methyl sites for hydroxylation is 1. The van der Waals surface area contributed by atoms with E-state index >= 15 is 0 Å². The number of carbonyl (C=O) groups is 1. The fourth-order valence-electron chi connectivity index (χ4n) is 1.91. The van der Waals surface area contributed by atoms with E-state index in [0.29, 0.717) is 6.54 Å². The topological polar surface area (TPSA) is 20.3 Å². The van der Waals surface area contributed by atoms with E-state index < -0.39 is 0 Å². The average Bonchev–Trinajstić information content (AvgIpc) is 2.74. The van der Waals surface area contributed by atoms with Crippen LogP contribution in [0.15, 0.2) is 36.4 Å². The number of benzene rings is 1. The standard InChI is InChI=1S/C15H16ClNOS/c1-11-4-3-5-12(8-11)14(18)10-17(2)9-13-6-7-15(16)19-13/h3-8H,9-10H2,1-2H3. The number of halogens is 1. The minimum absolute atomic E-state index is 0.147. The molecule has 100 valence electrons. The predicted octanol–water partition coefficient (Wildman–Crippen LogP) is 4.02. The van der Waals surface area contributed by atoms with Gasteiger partial charge in [-0.2, -0.15) is 0 Å². The molecule has 1 aromatic heterocycles. The highest BCUT2D eigenvalue weighted by atomic mass is 35.5. The van der Waals surface area contributed by atoms with E-state index in [1.165, 1.54) is 4.88 Å². The molecular weight excluding hydrogens is 278 g/mol. The largest absolute Gasteiger partial charge is 0.294 e. The van der Waals surface area contributed by atoms with Crippen LogP contribution in [0.3, 0.4) is 0 Å². The molecule has 0 spiro atoms. The molecule has 2 nitrogen and oxygen atoms in total. The van der Waals surface area contributed by atoms with Crippen molar-refractivity contribution in [2.75, 3.05) is 13.6 Å². The van der Waals surface area contributed by atoms with Gasteiger partial charge in [0, 0.05) is 17.0 Å². The fraction of sp³-hybridized carbons (Fsp3) is 0.267. The number of Topliss-reactive ketones (excluding diaryl/α,β-unsaturated/α-hetero) is 1. The average molecular weight is 294 g/mol. The Morgan fingerprint density at radius 1 is 1.32 bits per heavy atom. The molecule has 1 aromatic carbocycles. The summed E-state index contributed by atoms with van der Waals surface area (Å²) in [5.74, 6) is 0.147. The minimum Gasteiger partial charge on any atom is -0.294 e. The SMILES string of the molecule is Cc1cccc(C(=O)CN(C)Cc2ccc(Cl)s2)c1. The third-order valence-corrected chi connectivity index (χ3v) is 4.02. The highest BCUT2D eigenvalue weighted by Crippen LogP contribution is 2.22. The second-order valence-electron chi connectivity index (χ2n) is 4.67. The van der Waals surface area contributed by atoms with Gasteiger partial charge in [0.1, 0.15) is 0 Å². The molecule has 0 N–H and O–H groups in total. The number of rotatable bonds is 5. The Labute approximate surface area is 122 Å². The lowest BCUT2D eigenvalue weighted by molar-refractivity contribution is 0.0943. The maximum atomic E-state index is 12.1. The first-order valence-electron chi connectivity index (χ1n) is 6.07. The van der Waals surface area contributed by atoms with E-state index in [0.717, 1.165) is 22.0 Å². The molecule has 1 heterocycles. The second-order valence-corrected chi connectivity index (χ2v) is 6.47. The molecule has 2 aromatic rings. The number of ketones is 1. The molecule has 0 fully saturated rings. The van der Waals surface area contributed by atoms with Gasteiger partial charge < -0.3 is 0 Å². The number of thiophene rings is 1. The number of carbonyl (C=O) groups excluding carboxylic acids is 1.